The van der Waals surface area contributed by atoms with E-state index in [0.717, 1.165) is 0 Å². The molecule has 2 rings (SSSR count). The summed E-state index contributed by atoms with van der Waals surface area (Å²) in [4.78, 5) is 24.3. The normalized spacial score (nSPS) is 11.3. The third-order valence-electron chi connectivity index (χ3n) is 3.84. The molecule has 2 N–H and O–H groups in total. The monoisotopic (exact) mass is 338 g/mol. The molecule has 0 unspecified atom stereocenters. The van der Waals surface area contributed by atoms with Crippen molar-refractivity contribution in [1.29, 1.82) is 0 Å². The van der Waals surface area contributed by atoms with E-state index in [9.17, 15) is 9.59 Å². The van der Waals surface area contributed by atoms with Crippen molar-refractivity contribution in [2.75, 3.05) is 5.32 Å². The summed E-state index contributed by atoms with van der Waals surface area (Å²) in [6.07, 6.45) is 0. The zero-order valence-electron chi connectivity index (χ0n) is 15.5. The number of nitrogens with one attached hydrogen (secondary N) is 2. The van der Waals surface area contributed by atoms with Crippen LogP contribution in [0.15, 0.2) is 48.5 Å². The number of anilines is 1. The van der Waals surface area contributed by atoms with E-state index in [0.29, 0.717) is 16.8 Å². The third kappa shape index (κ3) is 5.18. The fourth-order valence-electron chi connectivity index (χ4n) is 2.38. The second kappa shape index (κ2) is 7.51. The second-order valence-electron chi connectivity index (χ2n) is 7.49. The molecule has 0 atom stereocenters. The van der Waals surface area contributed by atoms with Crippen molar-refractivity contribution in [3.8, 4) is 0 Å². The SMILES string of the molecule is CC(C)NC(=O)c1ccc(NC(=O)c2ccc(C(C)(C)C)cc2)cc1. The van der Waals surface area contributed by atoms with Gasteiger partial charge in [-0.1, -0.05) is 32.9 Å². The molecular formula is C21H26N2O2. The maximum atomic E-state index is 12.3. The van der Waals surface area contributed by atoms with E-state index in [2.05, 4.69) is 31.4 Å². The van der Waals surface area contributed by atoms with Crippen LogP contribution >= 0.6 is 0 Å². The number of rotatable bonds is 4. The first-order chi connectivity index (χ1) is 11.7. The highest BCUT2D eigenvalue weighted by Crippen LogP contribution is 2.22. The molecule has 0 fully saturated rings. The van der Waals surface area contributed by atoms with E-state index < -0.39 is 0 Å². The highest BCUT2D eigenvalue weighted by Gasteiger charge is 2.14. The fraction of sp³-hybridized carbons (Fsp3) is 0.333. The Kier molecular flexibility index (Phi) is 5.62. The predicted octanol–water partition coefficient (Wildman–Crippen LogP) is 4.37. The Hall–Kier alpha value is -2.62. The smallest absolute Gasteiger partial charge is 0.255 e. The van der Waals surface area contributed by atoms with Crippen LogP contribution in [0.2, 0.25) is 0 Å². The molecule has 0 saturated heterocycles. The molecule has 0 aliphatic rings. The van der Waals surface area contributed by atoms with E-state index in [1.807, 2.05) is 38.1 Å². The minimum Gasteiger partial charge on any atom is -0.350 e. The lowest BCUT2D eigenvalue weighted by Crippen LogP contribution is -2.30. The van der Waals surface area contributed by atoms with Crippen LogP contribution < -0.4 is 10.6 Å². The molecule has 0 spiro atoms. The van der Waals surface area contributed by atoms with Gasteiger partial charge in [-0.05, 0) is 61.2 Å². The molecule has 0 heterocycles. The van der Waals surface area contributed by atoms with Crippen LogP contribution in [0.5, 0.6) is 0 Å². The summed E-state index contributed by atoms with van der Waals surface area (Å²) >= 11 is 0. The van der Waals surface area contributed by atoms with Gasteiger partial charge in [0, 0.05) is 22.9 Å². The fourth-order valence-corrected chi connectivity index (χ4v) is 2.38. The van der Waals surface area contributed by atoms with Crippen LogP contribution in [0.1, 0.15) is 60.9 Å². The molecule has 2 aromatic carbocycles. The quantitative estimate of drug-likeness (QED) is 0.869. The lowest BCUT2D eigenvalue weighted by Gasteiger charge is -2.19. The maximum absolute atomic E-state index is 12.3. The average molecular weight is 338 g/mol. The van der Waals surface area contributed by atoms with Gasteiger partial charge in [0.1, 0.15) is 0 Å². The van der Waals surface area contributed by atoms with E-state index in [-0.39, 0.29) is 23.3 Å². The summed E-state index contributed by atoms with van der Waals surface area (Å²) < 4.78 is 0. The van der Waals surface area contributed by atoms with Crippen molar-refractivity contribution in [3.63, 3.8) is 0 Å². The minimum atomic E-state index is -0.167. The number of hydrogen-bond acceptors (Lipinski definition) is 2. The number of hydrogen-bond donors (Lipinski definition) is 2. The predicted molar refractivity (Wildman–Crippen MR) is 102 cm³/mol. The van der Waals surface area contributed by atoms with Gasteiger partial charge in [-0.3, -0.25) is 9.59 Å². The largest absolute Gasteiger partial charge is 0.350 e. The molecule has 4 nitrogen and oxygen atoms in total. The van der Waals surface area contributed by atoms with Crippen molar-refractivity contribution in [1.82, 2.24) is 5.32 Å². The molecule has 0 aliphatic heterocycles. The molecule has 0 aromatic heterocycles. The van der Waals surface area contributed by atoms with E-state index >= 15 is 0 Å². The van der Waals surface area contributed by atoms with Crippen LogP contribution in [0.3, 0.4) is 0 Å². The second-order valence-corrected chi connectivity index (χ2v) is 7.49. The molecule has 4 heteroatoms. The molecular weight excluding hydrogens is 312 g/mol. The van der Waals surface area contributed by atoms with Crippen LogP contribution in [-0.4, -0.2) is 17.9 Å². The highest BCUT2D eigenvalue weighted by atomic mass is 16.2. The third-order valence-corrected chi connectivity index (χ3v) is 3.84. The Morgan fingerprint density at radius 2 is 1.28 bits per heavy atom. The molecule has 0 saturated carbocycles. The van der Waals surface area contributed by atoms with Crippen LogP contribution in [-0.2, 0) is 5.41 Å². The average Bonchev–Trinajstić information content (AvgIpc) is 2.54. The summed E-state index contributed by atoms with van der Waals surface area (Å²) in [6, 6.07) is 14.6. The topological polar surface area (TPSA) is 58.2 Å². The van der Waals surface area contributed by atoms with Gasteiger partial charge in [-0.15, -0.1) is 0 Å². The van der Waals surface area contributed by atoms with Gasteiger partial charge in [0.15, 0.2) is 0 Å². The van der Waals surface area contributed by atoms with Crippen molar-refractivity contribution >= 4 is 17.5 Å². The van der Waals surface area contributed by atoms with Crippen LogP contribution in [0.25, 0.3) is 0 Å². The Labute approximate surface area is 149 Å². The maximum Gasteiger partial charge on any atom is 0.255 e. The molecule has 0 radical (unpaired) electrons. The first-order valence-corrected chi connectivity index (χ1v) is 8.49. The van der Waals surface area contributed by atoms with Crippen LogP contribution in [0.4, 0.5) is 5.69 Å². The van der Waals surface area contributed by atoms with Crippen molar-refractivity contribution < 1.29 is 9.59 Å². The number of benzene rings is 2. The Morgan fingerprint density at radius 3 is 1.76 bits per heavy atom. The van der Waals surface area contributed by atoms with Gasteiger partial charge in [-0.2, -0.15) is 0 Å². The van der Waals surface area contributed by atoms with Gasteiger partial charge in [0.25, 0.3) is 11.8 Å². The van der Waals surface area contributed by atoms with Crippen molar-refractivity contribution in [3.05, 3.63) is 65.2 Å². The lowest BCUT2D eigenvalue weighted by molar-refractivity contribution is 0.0942. The molecule has 132 valence electrons. The van der Waals surface area contributed by atoms with Crippen molar-refractivity contribution in [2.45, 2.75) is 46.1 Å². The lowest BCUT2D eigenvalue weighted by atomic mass is 9.87. The van der Waals surface area contributed by atoms with Gasteiger partial charge < -0.3 is 10.6 Å². The summed E-state index contributed by atoms with van der Waals surface area (Å²) in [7, 11) is 0. The Balaban J connectivity index is 2.04. The summed E-state index contributed by atoms with van der Waals surface area (Å²) in [5.74, 6) is -0.287. The molecule has 0 aliphatic carbocycles. The summed E-state index contributed by atoms with van der Waals surface area (Å²) in [6.45, 7) is 10.2. The standard InChI is InChI=1S/C21H26N2O2/c1-14(2)22-19(24)16-8-12-18(13-9-16)23-20(25)15-6-10-17(11-7-15)21(3,4)5/h6-14H,1-5H3,(H,22,24)(H,23,25). The highest BCUT2D eigenvalue weighted by molar-refractivity contribution is 6.04. The molecule has 2 amide bonds. The summed E-state index contributed by atoms with van der Waals surface area (Å²) in [5, 5.41) is 5.69. The van der Waals surface area contributed by atoms with E-state index in [1.54, 1.807) is 24.3 Å². The van der Waals surface area contributed by atoms with E-state index in [4.69, 9.17) is 0 Å². The molecule has 25 heavy (non-hydrogen) atoms. The van der Waals surface area contributed by atoms with Crippen molar-refractivity contribution in [2.24, 2.45) is 0 Å². The number of amides is 2. The zero-order valence-corrected chi connectivity index (χ0v) is 15.5. The van der Waals surface area contributed by atoms with Gasteiger partial charge in [-0.25, -0.2) is 0 Å². The van der Waals surface area contributed by atoms with Gasteiger partial charge >= 0.3 is 0 Å². The van der Waals surface area contributed by atoms with Crippen LogP contribution in [0, 0.1) is 0 Å². The Morgan fingerprint density at radius 1 is 0.800 bits per heavy atom. The minimum absolute atomic E-state index is 0.0569. The van der Waals surface area contributed by atoms with Gasteiger partial charge in [0.2, 0.25) is 0 Å². The molecule has 0 bridgehead atoms. The molecule has 2 aromatic rings. The first-order valence-electron chi connectivity index (χ1n) is 8.49. The Bertz CT molecular complexity index is 739. The van der Waals surface area contributed by atoms with Gasteiger partial charge in [0.05, 0.1) is 0 Å². The first kappa shape index (κ1) is 18.7. The number of carbonyl (C=O) groups is 2. The van der Waals surface area contributed by atoms with E-state index in [1.165, 1.54) is 5.56 Å². The summed E-state index contributed by atoms with van der Waals surface area (Å²) in [5.41, 5.74) is 3.08. The zero-order chi connectivity index (χ0) is 18.6. The number of carbonyl (C=O) groups excluding carboxylic acids is 2.